The largest absolute Gasteiger partial charge is 0.401 e. The number of rotatable bonds is 5. The molecule has 0 amide bonds. The lowest BCUT2D eigenvalue weighted by atomic mass is 9.87. The molecule has 0 bridgehead atoms. The Balaban J connectivity index is 1.51. The van der Waals surface area contributed by atoms with Crippen LogP contribution in [0.15, 0.2) is 43.2 Å². The Morgan fingerprint density at radius 1 is 1.06 bits per heavy atom. The van der Waals surface area contributed by atoms with Crippen LogP contribution in [0.1, 0.15) is 6.42 Å². The minimum absolute atomic E-state index is 0.0664. The van der Waals surface area contributed by atoms with Crippen LogP contribution in [0.5, 0.6) is 0 Å². The minimum Gasteiger partial charge on any atom is -0.290 e. The first kappa shape index (κ1) is 20.2. The van der Waals surface area contributed by atoms with E-state index < -0.39 is 18.3 Å². The van der Waals surface area contributed by atoms with Crippen molar-refractivity contribution in [1.29, 1.82) is 5.26 Å². The first-order chi connectivity index (χ1) is 15.3. The second-order valence-electron chi connectivity index (χ2n) is 8.06. The van der Waals surface area contributed by atoms with Gasteiger partial charge in [0, 0.05) is 43.7 Å². The van der Waals surface area contributed by atoms with Gasteiger partial charge in [0.25, 0.3) is 0 Å². The Morgan fingerprint density at radius 2 is 1.84 bits per heavy atom. The molecule has 4 aromatic heterocycles. The Labute approximate surface area is 180 Å². The van der Waals surface area contributed by atoms with Gasteiger partial charge in [-0.05, 0) is 17.7 Å². The van der Waals surface area contributed by atoms with Gasteiger partial charge < -0.3 is 0 Å². The summed E-state index contributed by atoms with van der Waals surface area (Å²) in [5.74, 6) is 0. The van der Waals surface area contributed by atoms with Gasteiger partial charge in [-0.1, -0.05) is 0 Å². The van der Waals surface area contributed by atoms with Crippen LogP contribution in [0.4, 0.5) is 13.2 Å². The van der Waals surface area contributed by atoms with Gasteiger partial charge >= 0.3 is 6.18 Å². The van der Waals surface area contributed by atoms with Crippen molar-refractivity contribution in [2.24, 2.45) is 7.05 Å². The summed E-state index contributed by atoms with van der Waals surface area (Å²) in [5, 5.41) is 22.2. The number of alkyl halides is 3. The summed E-state index contributed by atoms with van der Waals surface area (Å²) in [6, 6.07) is 5.93. The van der Waals surface area contributed by atoms with E-state index in [1.54, 1.807) is 32.5 Å². The molecule has 0 N–H and O–H groups in total. The quantitative estimate of drug-likeness (QED) is 0.473. The average molecular weight is 441 g/mol. The third-order valence-corrected chi connectivity index (χ3v) is 5.63. The molecule has 0 radical (unpaired) electrons. The summed E-state index contributed by atoms with van der Waals surface area (Å²) in [7, 11) is 1.83. The number of pyridine rings is 1. The predicted octanol–water partition coefficient (Wildman–Crippen LogP) is 2.48. The molecule has 0 unspecified atom stereocenters. The van der Waals surface area contributed by atoms with E-state index in [9.17, 15) is 18.4 Å². The van der Waals surface area contributed by atoms with E-state index in [4.69, 9.17) is 0 Å². The van der Waals surface area contributed by atoms with Crippen LogP contribution < -0.4 is 0 Å². The van der Waals surface area contributed by atoms with Crippen LogP contribution in [-0.2, 0) is 12.6 Å². The molecule has 0 spiro atoms. The molecular weight excluding hydrogens is 423 g/mol. The predicted molar refractivity (Wildman–Crippen MR) is 107 cm³/mol. The first-order valence-corrected chi connectivity index (χ1v) is 9.81. The molecule has 0 aliphatic carbocycles. The van der Waals surface area contributed by atoms with E-state index in [1.165, 1.54) is 11.2 Å². The van der Waals surface area contributed by atoms with Crippen LogP contribution in [0.3, 0.4) is 0 Å². The van der Waals surface area contributed by atoms with Crippen molar-refractivity contribution in [2.45, 2.75) is 18.1 Å². The number of nitriles is 1. The molecule has 1 saturated heterocycles. The summed E-state index contributed by atoms with van der Waals surface area (Å²) >= 11 is 0. The molecule has 0 aromatic carbocycles. The molecule has 1 fully saturated rings. The number of nitrogens with zero attached hydrogens (tertiary/aromatic N) is 9. The van der Waals surface area contributed by atoms with Gasteiger partial charge in [-0.25, -0.2) is 9.50 Å². The zero-order chi connectivity index (χ0) is 22.5. The van der Waals surface area contributed by atoms with Crippen molar-refractivity contribution in [1.82, 2.24) is 39.1 Å². The molecule has 0 atom stereocenters. The molecule has 32 heavy (non-hydrogen) atoms. The van der Waals surface area contributed by atoms with Gasteiger partial charge in [0.2, 0.25) is 0 Å². The van der Waals surface area contributed by atoms with E-state index >= 15 is 0 Å². The Hall–Kier alpha value is -3.72. The normalized spacial score (nSPS) is 16.2. The highest BCUT2D eigenvalue weighted by Crippen LogP contribution is 2.36. The number of aromatic nitrogens is 7. The van der Waals surface area contributed by atoms with E-state index in [0.717, 1.165) is 22.4 Å². The van der Waals surface area contributed by atoms with Crippen molar-refractivity contribution >= 4 is 5.65 Å². The molecule has 5 rings (SSSR count). The number of aryl methyl sites for hydroxylation is 1. The highest BCUT2D eigenvalue weighted by Gasteiger charge is 2.48. The van der Waals surface area contributed by atoms with Gasteiger partial charge in [-0.2, -0.15) is 33.7 Å². The van der Waals surface area contributed by atoms with Gasteiger partial charge in [-0.3, -0.25) is 14.3 Å². The Morgan fingerprint density at radius 3 is 2.53 bits per heavy atom. The zero-order valence-corrected chi connectivity index (χ0v) is 17.0. The number of hydrogen-bond acceptors (Lipinski definition) is 6. The molecule has 1 aliphatic rings. The van der Waals surface area contributed by atoms with E-state index in [2.05, 4.69) is 26.3 Å². The van der Waals surface area contributed by atoms with Gasteiger partial charge in [0.1, 0.15) is 11.9 Å². The molecular formula is C20H18F3N9. The topological polar surface area (TPSA) is 92.9 Å². The standard InChI is InChI=1S/C20H18F3N9/c1-29-8-15(6-26-29)14-4-17(32-18(5-14)25-13-28-32)16-7-27-31(9-16)19(2-3-24)10-30(11-19)12-20(21,22)23/h4-9,13H,2,10-12H2,1H3. The second kappa shape index (κ2) is 7.16. The number of likely N-dealkylation sites (tertiary alicyclic amines) is 1. The lowest BCUT2D eigenvalue weighted by Crippen LogP contribution is -2.64. The number of hydrogen-bond donors (Lipinski definition) is 0. The minimum atomic E-state index is -4.28. The summed E-state index contributed by atoms with van der Waals surface area (Å²) in [4.78, 5) is 5.57. The summed E-state index contributed by atoms with van der Waals surface area (Å²) in [5.41, 5.74) is 3.10. The molecule has 1 aliphatic heterocycles. The Kier molecular flexibility index (Phi) is 4.52. The third kappa shape index (κ3) is 3.50. The van der Waals surface area contributed by atoms with E-state index in [-0.39, 0.29) is 19.5 Å². The van der Waals surface area contributed by atoms with Crippen LogP contribution >= 0.6 is 0 Å². The maximum absolute atomic E-state index is 12.7. The molecule has 4 aromatic rings. The van der Waals surface area contributed by atoms with Crippen LogP contribution in [0, 0.1) is 11.3 Å². The van der Waals surface area contributed by atoms with E-state index in [1.807, 2.05) is 25.4 Å². The number of halogens is 3. The molecule has 0 saturated carbocycles. The monoisotopic (exact) mass is 441 g/mol. The Bertz CT molecular complexity index is 1320. The maximum atomic E-state index is 12.7. The van der Waals surface area contributed by atoms with Crippen molar-refractivity contribution in [3.63, 3.8) is 0 Å². The summed E-state index contributed by atoms with van der Waals surface area (Å²) < 4.78 is 43.2. The summed E-state index contributed by atoms with van der Waals surface area (Å²) in [6.07, 6.45) is 4.27. The van der Waals surface area contributed by atoms with Crippen molar-refractivity contribution in [3.8, 4) is 28.5 Å². The smallest absolute Gasteiger partial charge is 0.290 e. The maximum Gasteiger partial charge on any atom is 0.401 e. The lowest BCUT2D eigenvalue weighted by molar-refractivity contribution is -0.167. The third-order valence-electron chi connectivity index (χ3n) is 5.63. The highest BCUT2D eigenvalue weighted by molar-refractivity contribution is 5.74. The summed E-state index contributed by atoms with van der Waals surface area (Å²) in [6.45, 7) is -0.785. The van der Waals surface area contributed by atoms with Crippen molar-refractivity contribution < 1.29 is 13.2 Å². The first-order valence-electron chi connectivity index (χ1n) is 9.81. The van der Waals surface area contributed by atoms with Gasteiger partial charge in [0.05, 0.1) is 37.1 Å². The highest BCUT2D eigenvalue weighted by atomic mass is 19.4. The fourth-order valence-corrected chi connectivity index (χ4v) is 4.22. The van der Waals surface area contributed by atoms with Crippen LogP contribution in [-0.4, -0.2) is 64.9 Å². The fourth-order valence-electron chi connectivity index (χ4n) is 4.22. The SMILES string of the molecule is Cn1cc(-c2cc(-c3cnn(C4(CC#N)CN(CC(F)(F)F)C4)c3)n3ncnc3c2)cn1. The number of fused-ring (bicyclic) bond motifs is 1. The fraction of sp³-hybridized carbons (Fsp3) is 0.350. The van der Waals surface area contributed by atoms with Gasteiger partial charge in [0.15, 0.2) is 5.65 Å². The average Bonchev–Trinajstić information content (AvgIpc) is 3.44. The van der Waals surface area contributed by atoms with Crippen LogP contribution in [0.25, 0.3) is 28.0 Å². The van der Waals surface area contributed by atoms with Crippen LogP contribution in [0.2, 0.25) is 0 Å². The molecule has 9 nitrogen and oxygen atoms in total. The van der Waals surface area contributed by atoms with Gasteiger partial charge in [-0.15, -0.1) is 0 Å². The molecule has 164 valence electrons. The molecule has 5 heterocycles. The molecule has 12 heteroatoms. The second-order valence-corrected chi connectivity index (χ2v) is 8.06. The zero-order valence-electron chi connectivity index (χ0n) is 17.0. The van der Waals surface area contributed by atoms with Crippen molar-refractivity contribution in [3.05, 3.63) is 43.2 Å². The van der Waals surface area contributed by atoms with Crippen molar-refractivity contribution in [2.75, 3.05) is 19.6 Å². The lowest BCUT2D eigenvalue weighted by Gasteiger charge is -2.49. The van der Waals surface area contributed by atoms with E-state index in [0.29, 0.717) is 5.65 Å².